The Hall–Kier alpha value is -2.48. The van der Waals surface area contributed by atoms with Crippen LogP contribution in [0, 0.1) is 0 Å². The number of anilines is 1. The van der Waals surface area contributed by atoms with Crippen molar-refractivity contribution < 1.29 is 14.6 Å². The van der Waals surface area contributed by atoms with Crippen LogP contribution in [0.15, 0.2) is 49.4 Å². The minimum atomic E-state index is -0.156. The summed E-state index contributed by atoms with van der Waals surface area (Å²) in [4.78, 5) is 21.9. The van der Waals surface area contributed by atoms with Crippen LogP contribution in [-0.4, -0.2) is 66.3 Å². The van der Waals surface area contributed by atoms with E-state index >= 15 is 0 Å². The van der Waals surface area contributed by atoms with Gasteiger partial charge in [0.05, 0.1) is 12.2 Å². The third-order valence-electron chi connectivity index (χ3n) is 5.67. The molecule has 2 N–H and O–H groups in total. The zero-order chi connectivity index (χ0) is 23.2. The number of aromatic nitrogens is 1. The third-order valence-corrected chi connectivity index (χ3v) is 5.67. The van der Waals surface area contributed by atoms with Gasteiger partial charge in [-0.15, -0.1) is 0 Å². The number of pyridine rings is 1. The van der Waals surface area contributed by atoms with E-state index in [0.717, 1.165) is 31.5 Å². The van der Waals surface area contributed by atoms with Gasteiger partial charge in [0.2, 0.25) is 11.8 Å². The van der Waals surface area contributed by atoms with Gasteiger partial charge < -0.3 is 20.1 Å². The second kappa shape index (κ2) is 10.7. The summed E-state index contributed by atoms with van der Waals surface area (Å²) < 4.78 is 5.81. The molecule has 0 unspecified atom stereocenters. The molecule has 0 saturated carbocycles. The van der Waals surface area contributed by atoms with Crippen molar-refractivity contribution in [2.24, 2.45) is 0 Å². The average molecular weight is 429 g/mol. The normalized spacial score (nSPS) is 22.8. The summed E-state index contributed by atoms with van der Waals surface area (Å²) in [5, 5.41) is 10.5. The van der Waals surface area contributed by atoms with Crippen LogP contribution in [-0.2, 0) is 10.2 Å². The molecule has 1 saturated heterocycles. The number of amides is 1. The Morgan fingerprint density at radius 1 is 1.39 bits per heavy atom. The van der Waals surface area contributed by atoms with E-state index in [1.807, 2.05) is 17.2 Å². The molecule has 0 bridgehead atoms. The van der Waals surface area contributed by atoms with Crippen molar-refractivity contribution in [2.75, 3.05) is 38.2 Å². The maximum absolute atomic E-state index is 13.3. The van der Waals surface area contributed by atoms with Gasteiger partial charge in [-0.1, -0.05) is 33.1 Å². The van der Waals surface area contributed by atoms with Gasteiger partial charge in [-0.3, -0.25) is 9.69 Å². The van der Waals surface area contributed by atoms with Crippen LogP contribution in [0.2, 0.25) is 0 Å². The number of ether oxygens (including phenoxy) is 1. The zero-order valence-electron chi connectivity index (χ0n) is 19.4. The Morgan fingerprint density at radius 2 is 2.10 bits per heavy atom. The minimum absolute atomic E-state index is 0.112. The molecule has 1 amide bonds. The topological polar surface area (TPSA) is 77.9 Å². The molecule has 1 aromatic heterocycles. The summed E-state index contributed by atoms with van der Waals surface area (Å²) in [7, 11) is 1.00. The molecule has 3 rings (SSSR count). The zero-order valence-corrected chi connectivity index (χ0v) is 19.4. The SMILES string of the molecule is C=C/C=C(\C=C)Oc1cc2c(cn1)C(C)(C)CN2C(=O)CN1C[C@@H](C)NC[C@@H]1C.CO. The predicted molar refractivity (Wildman–Crippen MR) is 125 cm³/mol. The number of allylic oxidation sites excluding steroid dienone is 3. The molecular weight excluding hydrogens is 392 g/mol. The predicted octanol–water partition coefficient (Wildman–Crippen LogP) is 2.63. The quantitative estimate of drug-likeness (QED) is 0.536. The molecule has 2 aliphatic heterocycles. The Kier molecular flexibility index (Phi) is 8.56. The van der Waals surface area contributed by atoms with E-state index in [2.05, 4.69) is 56.1 Å². The van der Waals surface area contributed by atoms with E-state index < -0.39 is 0 Å². The van der Waals surface area contributed by atoms with Crippen molar-refractivity contribution in [3.8, 4) is 5.88 Å². The second-order valence-corrected chi connectivity index (χ2v) is 8.60. The van der Waals surface area contributed by atoms with E-state index in [1.54, 1.807) is 18.2 Å². The van der Waals surface area contributed by atoms with Gasteiger partial charge >= 0.3 is 0 Å². The second-order valence-electron chi connectivity index (χ2n) is 8.60. The number of nitrogens with zero attached hydrogens (tertiary/aromatic N) is 3. The average Bonchev–Trinajstić information content (AvgIpc) is 3.02. The van der Waals surface area contributed by atoms with E-state index in [0.29, 0.717) is 36.8 Å². The minimum Gasteiger partial charge on any atom is -0.439 e. The first-order valence-electron chi connectivity index (χ1n) is 10.6. The molecule has 170 valence electrons. The maximum atomic E-state index is 13.3. The first-order valence-corrected chi connectivity index (χ1v) is 10.6. The van der Waals surface area contributed by atoms with Gasteiger partial charge in [0.25, 0.3) is 0 Å². The highest BCUT2D eigenvalue weighted by atomic mass is 16.5. The van der Waals surface area contributed by atoms with Crippen molar-refractivity contribution in [1.82, 2.24) is 15.2 Å². The number of hydrogen-bond donors (Lipinski definition) is 2. The van der Waals surface area contributed by atoms with Crippen LogP contribution in [0.4, 0.5) is 5.69 Å². The number of aliphatic hydroxyl groups excluding tert-OH is 1. The fourth-order valence-electron chi connectivity index (χ4n) is 3.97. The Balaban J connectivity index is 0.00000166. The van der Waals surface area contributed by atoms with E-state index in [-0.39, 0.29) is 11.3 Å². The highest BCUT2D eigenvalue weighted by Gasteiger charge is 2.39. The van der Waals surface area contributed by atoms with Gasteiger partial charge in [0.1, 0.15) is 5.76 Å². The molecule has 0 radical (unpaired) electrons. The van der Waals surface area contributed by atoms with Crippen LogP contribution in [0.25, 0.3) is 0 Å². The molecular formula is C24H36N4O3. The molecule has 2 atom stereocenters. The molecule has 0 spiro atoms. The molecule has 3 heterocycles. The largest absolute Gasteiger partial charge is 0.439 e. The fourth-order valence-corrected chi connectivity index (χ4v) is 3.97. The number of nitrogens with one attached hydrogen (secondary N) is 1. The lowest BCUT2D eigenvalue weighted by Crippen LogP contribution is -2.56. The van der Waals surface area contributed by atoms with Gasteiger partial charge in [-0.2, -0.15) is 0 Å². The number of aliphatic hydroxyl groups is 1. The van der Waals surface area contributed by atoms with Gasteiger partial charge in [-0.25, -0.2) is 4.98 Å². The number of piperazine rings is 1. The highest BCUT2D eigenvalue weighted by molar-refractivity contribution is 5.97. The van der Waals surface area contributed by atoms with Crippen LogP contribution in [0.5, 0.6) is 5.88 Å². The van der Waals surface area contributed by atoms with Crippen LogP contribution >= 0.6 is 0 Å². The number of fused-ring (bicyclic) bond motifs is 1. The summed E-state index contributed by atoms with van der Waals surface area (Å²) in [5.41, 5.74) is 1.78. The Bertz CT molecular complexity index is 834. The lowest BCUT2D eigenvalue weighted by molar-refractivity contribution is -0.120. The highest BCUT2D eigenvalue weighted by Crippen LogP contribution is 2.41. The summed E-state index contributed by atoms with van der Waals surface area (Å²) in [6.45, 7) is 18.9. The third kappa shape index (κ3) is 5.81. The maximum Gasteiger partial charge on any atom is 0.241 e. The first-order chi connectivity index (χ1) is 14.7. The van der Waals surface area contributed by atoms with Gasteiger partial charge in [-0.05, 0) is 26.0 Å². The number of carbonyl (C=O) groups excluding carboxylic acids is 1. The van der Waals surface area contributed by atoms with Gasteiger partial charge in [0, 0.05) is 62.1 Å². The summed E-state index contributed by atoms with van der Waals surface area (Å²) in [5.74, 6) is 1.11. The molecule has 31 heavy (non-hydrogen) atoms. The van der Waals surface area contributed by atoms with E-state index in [9.17, 15) is 4.79 Å². The summed E-state index contributed by atoms with van der Waals surface area (Å²) in [6, 6.07) is 2.58. The van der Waals surface area contributed by atoms with Crippen molar-refractivity contribution in [2.45, 2.75) is 45.2 Å². The monoisotopic (exact) mass is 428 g/mol. The lowest BCUT2D eigenvalue weighted by Gasteiger charge is -2.37. The van der Waals surface area contributed by atoms with Crippen LogP contribution in [0.1, 0.15) is 33.3 Å². The molecule has 0 aliphatic carbocycles. The molecule has 1 aromatic rings. The van der Waals surface area contributed by atoms with Crippen molar-refractivity contribution in [3.05, 3.63) is 55.0 Å². The van der Waals surface area contributed by atoms with Crippen molar-refractivity contribution >= 4 is 11.6 Å². The van der Waals surface area contributed by atoms with E-state index in [1.165, 1.54) is 0 Å². The smallest absolute Gasteiger partial charge is 0.241 e. The molecule has 2 aliphatic rings. The first kappa shape index (κ1) is 24.8. The Morgan fingerprint density at radius 3 is 2.74 bits per heavy atom. The summed E-state index contributed by atoms with van der Waals surface area (Å²) in [6.07, 6.45) is 6.79. The number of carbonyl (C=O) groups is 1. The summed E-state index contributed by atoms with van der Waals surface area (Å²) >= 11 is 0. The number of hydrogen-bond acceptors (Lipinski definition) is 6. The Labute approximate surface area is 186 Å². The fraction of sp³-hybridized carbons (Fsp3) is 0.500. The molecule has 0 aromatic carbocycles. The molecule has 7 nitrogen and oxygen atoms in total. The number of rotatable bonds is 6. The molecule has 1 fully saturated rings. The molecule has 7 heteroatoms. The van der Waals surface area contributed by atoms with E-state index in [4.69, 9.17) is 9.84 Å². The van der Waals surface area contributed by atoms with Crippen LogP contribution < -0.4 is 15.0 Å². The van der Waals surface area contributed by atoms with Crippen molar-refractivity contribution in [1.29, 1.82) is 0 Å². The van der Waals surface area contributed by atoms with Gasteiger partial charge in [0.15, 0.2) is 0 Å². The standard InChI is InChI=1S/C23H32N4O2.CH4O/c1-7-9-18(8-2)29-21-10-20-19(12-25-21)23(5,6)15-27(20)22(28)14-26-13-16(3)24-11-17(26)4;1-2/h7-10,12,16-17,24H,1-2,11,13-15H2,3-6H3;2H,1H3/b18-9+;/t16-,17+;/m1./s1. The lowest BCUT2D eigenvalue weighted by atomic mass is 9.88. The van der Waals surface area contributed by atoms with Crippen molar-refractivity contribution in [3.63, 3.8) is 0 Å². The van der Waals surface area contributed by atoms with Crippen LogP contribution in [0.3, 0.4) is 0 Å².